The SMILES string of the molecule is COc1ccc([C@@H]2CC(=O)N(c3cccc(Cl)c3)C3=C2C(=O)CC(C)(C)C3)c(OC)c1OC. The van der Waals surface area contributed by atoms with Gasteiger partial charge in [0.25, 0.3) is 0 Å². The number of anilines is 1. The number of ketones is 1. The fourth-order valence-electron chi connectivity index (χ4n) is 4.99. The van der Waals surface area contributed by atoms with Gasteiger partial charge in [-0.15, -0.1) is 0 Å². The molecule has 1 heterocycles. The van der Waals surface area contributed by atoms with Gasteiger partial charge in [-0.05, 0) is 36.1 Å². The van der Waals surface area contributed by atoms with Crippen molar-refractivity contribution >= 4 is 29.0 Å². The summed E-state index contributed by atoms with van der Waals surface area (Å²) in [6.45, 7) is 4.10. The van der Waals surface area contributed by atoms with E-state index in [0.29, 0.717) is 46.4 Å². The summed E-state index contributed by atoms with van der Waals surface area (Å²) in [4.78, 5) is 28.8. The van der Waals surface area contributed by atoms with Crippen molar-refractivity contribution < 1.29 is 23.8 Å². The minimum atomic E-state index is -0.443. The van der Waals surface area contributed by atoms with Gasteiger partial charge in [-0.3, -0.25) is 14.5 Å². The lowest BCUT2D eigenvalue weighted by molar-refractivity contribution is -0.121. The van der Waals surface area contributed by atoms with Crippen molar-refractivity contribution in [2.24, 2.45) is 5.41 Å². The molecular formula is C26H28ClNO5. The van der Waals surface area contributed by atoms with Crippen LogP contribution in [0.3, 0.4) is 0 Å². The quantitative estimate of drug-likeness (QED) is 0.576. The Morgan fingerprint density at radius 2 is 1.70 bits per heavy atom. The summed E-state index contributed by atoms with van der Waals surface area (Å²) in [7, 11) is 4.64. The maximum absolute atomic E-state index is 13.6. The van der Waals surface area contributed by atoms with Gasteiger partial charge in [0.05, 0.1) is 27.0 Å². The van der Waals surface area contributed by atoms with Gasteiger partial charge in [0.2, 0.25) is 11.7 Å². The molecule has 0 spiro atoms. The minimum absolute atomic E-state index is 0.0441. The van der Waals surface area contributed by atoms with Crippen molar-refractivity contribution in [3.8, 4) is 17.2 Å². The van der Waals surface area contributed by atoms with Crippen molar-refractivity contribution in [1.29, 1.82) is 0 Å². The monoisotopic (exact) mass is 469 g/mol. The average Bonchev–Trinajstić information content (AvgIpc) is 2.76. The van der Waals surface area contributed by atoms with Gasteiger partial charge < -0.3 is 14.2 Å². The highest BCUT2D eigenvalue weighted by Crippen LogP contribution is 2.52. The van der Waals surface area contributed by atoms with Gasteiger partial charge in [-0.2, -0.15) is 0 Å². The van der Waals surface area contributed by atoms with E-state index >= 15 is 0 Å². The number of carbonyl (C=O) groups is 2. The second-order valence-electron chi connectivity index (χ2n) is 9.19. The number of benzene rings is 2. The Labute approximate surface area is 199 Å². The number of hydrogen-bond donors (Lipinski definition) is 0. The van der Waals surface area contributed by atoms with Gasteiger partial charge in [-0.25, -0.2) is 0 Å². The molecule has 1 amide bonds. The van der Waals surface area contributed by atoms with Crippen LogP contribution < -0.4 is 19.1 Å². The summed E-state index contributed by atoms with van der Waals surface area (Å²) >= 11 is 6.23. The summed E-state index contributed by atoms with van der Waals surface area (Å²) in [5, 5.41) is 0.535. The summed E-state index contributed by atoms with van der Waals surface area (Å²) < 4.78 is 16.7. The van der Waals surface area contributed by atoms with Crippen LogP contribution in [0.25, 0.3) is 0 Å². The first-order valence-electron chi connectivity index (χ1n) is 10.8. The molecule has 7 heteroatoms. The molecule has 174 valence electrons. The van der Waals surface area contributed by atoms with Gasteiger partial charge in [0, 0.05) is 40.6 Å². The number of halogens is 1. The first-order chi connectivity index (χ1) is 15.7. The standard InChI is InChI=1S/C26H28ClNO5/c1-26(2)13-19-23(20(29)14-26)18(12-22(30)28(19)16-8-6-7-15(27)11-16)17-9-10-21(31-3)25(33-5)24(17)32-4/h6-11,18H,12-14H2,1-5H3/t18-/m0/s1. The third-order valence-electron chi connectivity index (χ3n) is 6.32. The van der Waals surface area contributed by atoms with Crippen LogP contribution in [-0.2, 0) is 9.59 Å². The summed E-state index contributed by atoms with van der Waals surface area (Å²) in [5.74, 6) is 0.932. The summed E-state index contributed by atoms with van der Waals surface area (Å²) in [6, 6.07) is 10.8. The van der Waals surface area contributed by atoms with Crippen LogP contribution in [0.4, 0.5) is 5.69 Å². The van der Waals surface area contributed by atoms with Crippen LogP contribution in [0.15, 0.2) is 47.7 Å². The summed E-state index contributed by atoms with van der Waals surface area (Å²) in [5.41, 5.74) is 2.52. The number of carbonyl (C=O) groups excluding carboxylic acids is 2. The molecule has 0 saturated heterocycles. The van der Waals surface area contributed by atoms with E-state index in [1.807, 2.05) is 18.2 Å². The molecule has 0 bridgehead atoms. The Kier molecular flexibility index (Phi) is 6.14. The molecule has 2 aromatic rings. The molecule has 0 unspecified atom stereocenters. The molecule has 2 aliphatic rings. The first kappa shape index (κ1) is 23.2. The number of methoxy groups -OCH3 is 3. The third kappa shape index (κ3) is 4.08. The van der Waals surface area contributed by atoms with Crippen molar-refractivity contribution in [1.82, 2.24) is 0 Å². The second-order valence-corrected chi connectivity index (χ2v) is 9.63. The van der Waals surface area contributed by atoms with Crippen molar-refractivity contribution in [3.63, 3.8) is 0 Å². The Morgan fingerprint density at radius 1 is 0.970 bits per heavy atom. The fourth-order valence-corrected chi connectivity index (χ4v) is 5.18. The van der Waals surface area contributed by atoms with Gasteiger partial charge in [0.15, 0.2) is 17.3 Å². The highest BCUT2D eigenvalue weighted by atomic mass is 35.5. The Bertz CT molecular complexity index is 1150. The molecule has 1 aliphatic heterocycles. The van der Waals surface area contributed by atoms with Crippen molar-refractivity contribution in [3.05, 3.63) is 58.3 Å². The number of Topliss-reactive ketones (excluding diaryl/α,β-unsaturated/α-hetero) is 1. The lowest BCUT2D eigenvalue weighted by Crippen LogP contribution is -2.43. The smallest absolute Gasteiger partial charge is 0.232 e. The van der Waals surface area contributed by atoms with E-state index in [4.69, 9.17) is 25.8 Å². The highest BCUT2D eigenvalue weighted by Gasteiger charge is 2.45. The molecule has 0 saturated carbocycles. The molecule has 0 fully saturated rings. The number of rotatable bonds is 5. The van der Waals surface area contributed by atoms with Crippen LogP contribution in [0.5, 0.6) is 17.2 Å². The van der Waals surface area contributed by atoms with E-state index in [9.17, 15) is 9.59 Å². The third-order valence-corrected chi connectivity index (χ3v) is 6.55. The number of allylic oxidation sites excluding steroid dienone is 2. The van der Waals surface area contributed by atoms with Crippen LogP contribution in [0, 0.1) is 5.41 Å². The van der Waals surface area contributed by atoms with Gasteiger partial charge in [0.1, 0.15) is 0 Å². The van der Waals surface area contributed by atoms with Crippen LogP contribution in [-0.4, -0.2) is 33.0 Å². The number of ether oxygens (including phenoxy) is 3. The normalized spacial score (nSPS) is 19.9. The van der Waals surface area contributed by atoms with Crippen LogP contribution in [0.2, 0.25) is 5.02 Å². The molecule has 1 aliphatic carbocycles. The maximum atomic E-state index is 13.6. The average molecular weight is 470 g/mol. The number of nitrogens with zero attached hydrogens (tertiary/aromatic N) is 1. The molecule has 2 aromatic carbocycles. The van der Waals surface area contributed by atoms with Gasteiger partial charge in [-0.1, -0.05) is 37.6 Å². The van der Waals surface area contributed by atoms with E-state index in [1.54, 1.807) is 37.3 Å². The zero-order chi connectivity index (χ0) is 23.9. The van der Waals surface area contributed by atoms with Crippen LogP contribution in [0.1, 0.15) is 44.6 Å². The predicted molar refractivity (Wildman–Crippen MR) is 127 cm³/mol. The minimum Gasteiger partial charge on any atom is -0.493 e. The Hall–Kier alpha value is -2.99. The molecule has 0 radical (unpaired) electrons. The zero-order valence-corrected chi connectivity index (χ0v) is 20.3. The molecule has 0 aromatic heterocycles. The summed E-state index contributed by atoms with van der Waals surface area (Å²) in [6.07, 6.45) is 1.14. The lowest BCUT2D eigenvalue weighted by atomic mass is 9.69. The van der Waals surface area contributed by atoms with Crippen molar-refractivity contribution in [2.45, 2.75) is 39.0 Å². The van der Waals surface area contributed by atoms with E-state index in [2.05, 4.69) is 13.8 Å². The largest absolute Gasteiger partial charge is 0.493 e. The predicted octanol–water partition coefficient (Wildman–Crippen LogP) is 5.53. The molecule has 33 heavy (non-hydrogen) atoms. The fraction of sp³-hybridized carbons (Fsp3) is 0.385. The van der Waals surface area contributed by atoms with E-state index < -0.39 is 5.92 Å². The zero-order valence-electron chi connectivity index (χ0n) is 19.5. The van der Waals surface area contributed by atoms with Crippen molar-refractivity contribution in [2.75, 3.05) is 26.2 Å². The Morgan fingerprint density at radius 3 is 2.33 bits per heavy atom. The Balaban J connectivity index is 1.95. The molecule has 4 rings (SSSR count). The second kappa shape index (κ2) is 8.75. The van der Waals surface area contributed by atoms with Crippen LogP contribution >= 0.6 is 11.6 Å². The highest BCUT2D eigenvalue weighted by molar-refractivity contribution is 6.31. The maximum Gasteiger partial charge on any atom is 0.232 e. The van der Waals surface area contributed by atoms with E-state index in [1.165, 1.54) is 7.11 Å². The lowest BCUT2D eigenvalue weighted by Gasteiger charge is -2.43. The molecule has 6 nitrogen and oxygen atoms in total. The number of amides is 1. The first-order valence-corrected chi connectivity index (χ1v) is 11.2. The molecular weight excluding hydrogens is 442 g/mol. The van der Waals surface area contributed by atoms with Gasteiger partial charge >= 0.3 is 0 Å². The molecule has 0 N–H and O–H groups in total. The van der Waals surface area contributed by atoms with E-state index in [0.717, 1.165) is 11.3 Å². The molecule has 1 atom stereocenters. The number of hydrogen-bond acceptors (Lipinski definition) is 5. The topological polar surface area (TPSA) is 65.1 Å². The van der Waals surface area contributed by atoms with E-state index in [-0.39, 0.29) is 23.5 Å².